The largest absolute Gasteiger partial charge is 0.497 e. The number of hydrogen-bond acceptors (Lipinski definition) is 12. The maximum atomic E-state index is 14.8. The van der Waals surface area contributed by atoms with E-state index in [2.05, 4.69) is 10.6 Å². The van der Waals surface area contributed by atoms with Crippen molar-refractivity contribution in [3.8, 4) is 5.75 Å². The number of ether oxygens (including phenoxy) is 4. The molecule has 320 valence electrons. The predicted molar refractivity (Wildman–Crippen MR) is 210 cm³/mol. The lowest BCUT2D eigenvalue weighted by molar-refractivity contribution is -0.165. The van der Waals surface area contributed by atoms with Crippen LogP contribution in [0, 0.1) is 17.8 Å². The van der Waals surface area contributed by atoms with Gasteiger partial charge in [0.05, 0.1) is 31.6 Å². The smallest absolute Gasteiger partial charge is 0.408 e. The maximum absolute atomic E-state index is 14.8. The zero-order valence-corrected chi connectivity index (χ0v) is 35.6. The number of esters is 2. The zero-order valence-electron chi connectivity index (χ0n) is 35.6. The highest BCUT2D eigenvalue weighted by atomic mass is 16.6. The molecule has 0 bridgehead atoms. The second kappa shape index (κ2) is 21.7. The molecule has 0 radical (unpaired) electrons. The maximum Gasteiger partial charge on any atom is 0.408 e. The number of amides is 4. The van der Waals surface area contributed by atoms with Crippen LogP contribution in [0.1, 0.15) is 94.1 Å². The Kier molecular flexibility index (Phi) is 18.4. The SMILES string of the molecule is COc1ccc(C[C@@H](C(=O)O[C@@H](C)[C@H](NC(=O)OC(C)(C)C)C(=O)N2CCCCNC(=O)[C@@H](C)C(=O)[C@H](C(C)C)OC(=O)C[C@H](O)[C@H]2C(C)C)N(C)C(C)=O)cc1. The van der Waals surface area contributed by atoms with E-state index in [0.717, 1.165) is 0 Å². The van der Waals surface area contributed by atoms with Crippen LogP contribution in [0.2, 0.25) is 0 Å². The summed E-state index contributed by atoms with van der Waals surface area (Å²) in [5.74, 6) is -5.47. The number of carbonyl (C=O) groups excluding carboxylic acids is 7. The van der Waals surface area contributed by atoms with Gasteiger partial charge in [-0.15, -0.1) is 0 Å². The minimum atomic E-state index is -1.57. The van der Waals surface area contributed by atoms with Gasteiger partial charge in [-0.3, -0.25) is 24.0 Å². The highest BCUT2D eigenvalue weighted by molar-refractivity contribution is 6.03. The summed E-state index contributed by atoms with van der Waals surface area (Å²) in [6, 6.07) is 3.19. The molecule has 1 aromatic rings. The van der Waals surface area contributed by atoms with E-state index in [-0.39, 0.29) is 19.5 Å². The van der Waals surface area contributed by atoms with Crippen molar-refractivity contribution < 1.29 is 57.6 Å². The number of cyclic esters (lactones) is 1. The highest BCUT2D eigenvalue weighted by Gasteiger charge is 2.42. The molecule has 1 aromatic carbocycles. The first kappa shape index (κ1) is 48.4. The highest BCUT2D eigenvalue weighted by Crippen LogP contribution is 2.24. The number of nitrogens with one attached hydrogen (secondary N) is 2. The molecule has 16 nitrogen and oxygen atoms in total. The van der Waals surface area contributed by atoms with Crippen LogP contribution in [0.4, 0.5) is 4.79 Å². The molecule has 7 atom stereocenters. The number of nitrogens with zero attached hydrogens (tertiary/aromatic N) is 2. The number of methoxy groups -OCH3 is 1. The van der Waals surface area contributed by atoms with Crippen molar-refractivity contribution >= 4 is 41.5 Å². The van der Waals surface area contributed by atoms with E-state index >= 15 is 0 Å². The molecule has 0 aliphatic carbocycles. The van der Waals surface area contributed by atoms with Gasteiger partial charge in [-0.1, -0.05) is 39.8 Å². The second-order valence-corrected chi connectivity index (χ2v) is 16.3. The number of ketones is 1. The Morgan fingerprint density at radius 2 is 1.63 bits per heavy atom. The van der Waals surface area contributed by atoms with Crippen LogP contribution in [-0.2, 0) is 49.4 Å². The molecule has 4 amide bonds. The van der Waals surface area contributed by atoms with Gasteiger partial charge < -0.3 is 44.5 Å². The number of carbonyl (C=O) groups is 7. The van der Waals surface area contributed by atoms with Gasteiger partial charge in [0, 0.05) is 33.5 Å². The first-order valence-corrected chi connectivity index (χ1v) is 19.5. The van der Waals surface area contributed by atoms with Crippen LogP contribution in [-0.4, -0.2) is 126 Å². The van der Waals surface area contributed by atoms with Crippen LogP contribution in [0.25, 0.3) is 0 Å². The lowest BCUT2D eigenvalue weighted by atomic mass is 9.92. The molecule has 1 saturated heterocycles. The Labute approximate surface area is 336 Å². The zero-order chi connectivity index (χ0) is 43.4. The van der Waals surface area contributed by atoms with Crippen molar-refractivity contribution in [3.63, 3.8) is 0 Å². The van der Waals surface area contributed by atoms with Crippen LogP contribution >= 0.6 is 0 Å². The first-order chi connectivity index (χ1) is 26.5. The Hall–Kier alpha value is -4.73. The summed E-state index contributed by atoms with van der Waals surface area (Å²) in [6.07, 6.45) is -4.95. The Bertz CT molecular complexity index is 1560. The summed E-state index contributed by atoms with van der Waals surface area (Å²) in [6.45, 7) is 16.1. The summed E-state index contributed by atoms with van der Waals surface area (Å²) in [5.41, 5.74) is -0.274. The van der Waals surface area contributed by atoms with Gasteiger partial charge in [0.15, 0.2) is 11.9 Å². The standard InChI is InChI=1S/C41H64N4O12/c1-23(2)34-31(47)22-32(48)56-36(24(3)4)35(49)25(5)37(50)42-19-13-14-20-45(34)38(51)33(43-40(53)57-41(8,9)10)26(6)55-39(52)30(44(11)27(7)46)21-28-15-17-29(54-12)18-16-28/h15-18,23-26,30-31,33-34,36,47H,13-14,19-22H2,1-12H3,(H,42,50)(H,43,53)/t25-,26-,30-,31-,33-,34+,36-/m0/s1. The van der Waals surface area contributed by atoms with Crippen LogP contribution in [0.5, 0.6) is 5.75 Å². The minimum absolute atomic E-state index is 0.00685. The van der Waals surface area contributed by atoms with E-state index < -0.39 is 108 Å². The Morgan fingerprint density at radius 1 is 1.02 bits per heavy atom. The second-order valence-electron chi connectivity index (χ2n) is 16.3. The monoisotopic (exact) mass is 804 g/mol. The van der Waals surface area contributed by atoms with E-state index in [1.807, 2.05) is 0 Å². The van der Waals surface area contributed by atoms with Crippen LogP contribution < -0.4 is 15.4 Å². The third-order valence-corrected chi connectivity index (χ3v) is 9.72. The molecule has 0 spiro atoms. The molecule has 1 aliphatic heterocycles. The quantitative estimate of drug-likeness (QED) is 0.168. The van der Waals surface area contributed by atoms with Crippen molar-refractivity contribution in [2.24, 2.45) is 17.8 Å². The average molecular weight is 805 g/mol. The van der Waals surface area contributed by atoms with E-state index in [0.29, 0.717) is 24.2 Å². The number of rotatable bonds is 11. The van der Waals surface area contributed by atoms with Crippen molar-refractivity contribution in [2.45, 2.75) is 137 Å². The van der Waals surface area contributed by atoms with Gasteiger partial charge in [0.1, 0.15) is 29.5 Å². The molecule has 3 N–H and O–H groups in total. The van der Waals surface area contributed by atoms with Crippen molar-refractivity contribution in [1.29, 1.82) is 0 Å². The lowest BCUT2D eigenvalue weighted by Crippen LogP contribution is -2.61. The van der Waals surface area contributed by atoms with Gasteiger partial charge in [-0.25, -0.2) is 9.59 Å². The fraction of sp³-hybridized carbons (Fsp3) is 0.683. The summed E-state index contributed by atoms with van der Waals surface area (Å²) in [4.78, 5) is 96.6. The summed E-state index contributed by atoms with van der Waals surface area (Å²) < 4.78 is 22.2. The van der Waals surface area contributed by atoms with E-state index in [9.17, 15) is 38.7 Å². The molecular weight excluding hydrogens is 740 g/mol. The number of aliphatic hydroxyl groups excluding tert-OH is 1. The van der Waals surface area contributed by atoms with Crippen molar-refractivity contribution in [1.82, 2.24) is 20.4 Å². The molecule has 16 heteroatoms. The topological polar surface area (TPSA) is 207 Å². The molecule has 0 saturated carbocycles. The molecular formula is C41H64N4O12. The molecule has 1 heterocycles. The van der Waals surface area contributed by atoms with Gasteiger partial charge in [-0.2, -0.15) is 0 Å². The Balaban J connectivity index is 2.59. The fourth-order valence-electron chi connectivity index (χ4n) is 6.48. The van der Waals surface area contributed by atoms with Gasteiger partial charge in [0.25, 0.3) is 0 Å². The molecule has 1 fully saturated rings. The number of alkyl carbamates (subject to hydrolysis) is 1. The number of Topliss-reactive ketones (excluding diaryl/α,β-unsaturated/α-hetero) is 1. The normalized spacial score (nSPS) is 21.9. The van der Waals surface area contributed by atoms with E-state index in [4.69, 9.17) is 18.9 Å². The van der Waals surface area contributed by atoms with Crippen molar-refractivity contribution in [2.75, 3.05) is 27.2 Å². The summed E-state index contributed by atoms with van der Waals surface area (Å²) in [7, 11) is 2.98. The van der Waals surface area contributed by atoms with Gasteiger partial charge in [-0.05, 0) is 77.0 Å². The van der Waals surface area contributed by atoms with Crippen LogP contribution in [0.3, 0.4) is 0 Å². The summed E-state index contributed by atoms with van der Waals surface area (Å²) in [5, 5.41) is 16.9. The van der Waals surface area contributed by atoms with Crippen molar-refractivity contribution in [3.05, 3.63) is 29.8 Å². The van der Waals surface area contributed by atoms with E-state index in [1.165, 1.54) is 44.7 Å². The molecule has 1 aliphatic rings. The number of hydrogen-bond donors (Lipinski definition) is 3. The minimum Gasteiger partial charge on any atom is -0.497 e. The fourth-order valence-corrected chi connectivity index (χ4v) is 6.48. The van der Waals surface area contributed by atoms with Crippen LogP contribution in [0.15, 0.2) is 24.3 Å². The number of aliphatic hydroxyl groups is 1. The van der Waals surface area contributed by atoms with Gasteiger partial charge >= 0.3 is 18.0 Å². The lowest BCUT2D eigenvalue weighted by Gasteiger charge is -2.40. The molecule has 0 aromatic heterocycles. The van der Waals surface area contributed by atoms with E-state index in [1.54, 1.807) is 72.7 Å². The summed E-state index contributed by atoms with van der Waals surface area (Å²) >= 11 is 0. The number of benzene rings is 1. The predicted octanol–water partition coefficient (Wildman–Crippen LogP) is 3.20. The first-order valence-electron chi connectivity index (χ1n) is 19.5. The number of likely N-dealkylation sites (N-methyl/N-ethyl adjacent to an activating group) is 1. The molecule has 0 unspecified atom stereocenters. The molecule has 2 rings (SSSR count). The average Bonchev–Trinajstić information content (AvgIpc) is 3.11. The van der Waals surface area contributed by atoms with Gasteiger partial charge in [0.2, 0.25) is 17.7 Å². The Morgan fingerprint density at radius 3 is 2.16 bits per heavy atom. The third kappa shape index (κ3) is 14.6. The third-order valence-electron chi connectivity index (χ3n) is 9.72. The molecule has 57 heavy (non-hydrogen) atoms.